The van der Waals surface area contributed by atoms with Crippen molar-refractivity contribution in [3.8, 4) is 0 Å². The smallest absolute Gasteiger partial charge is 0.339 e. The summed E-state index contributed by atoms with van der Waals surface area (Å²) < 4.78 is 10.1. The second kappa shape index (κ2) is 5.92. The van der Waals surface area contributed by atoms with Gasteiger partial charge in [0.1, 0.15) is 5.52 Å². The second-order valence-electron chi connectivity index (χ2n) is 4.91. The van der Waals surface area contributed by atoms with E-state index in [0.29, 0.717) is 33.8 Å². The first kappa shape index (κ1) is 14.8. The number of anilines is 1. The summed E-state index contributed by atoms with van der Waals surface area (Å²) in [6, 6.07) is 11.6. The molecule has 2 aromatic carbocycles. The summed E-state index contributed by atoms with van der Waals surface area (Å²) in [7, 11) is 1.29. The van der Waals surface area contributed by atoms with Gasteiger partial charge in [0.25, 0.3) is 5.91 Å². The molecule has 6 heteroatoms. The van der Waals surface area contributed by atoms with Crippen LogP contribution in [0.4, 0.5) is 5.69 Å². The molecule has 1 heterocycles. The molecule has 0 aliphatic rings. The second-order valence-corrected chi connectivity index (χ2v) is 4.91. The van der Waals surface area contributed by atoms with Crippen molar-refractivity contribution >= 4 is 28.7 Å². The van der Waals surface area contributed by atoms with Gasteiger partial charge in [-0.3, -0.25) is 4.79 Å². The minimum atomic E-state index is -0.512. The van der Waals surface area contributed by atoms with Gasteiger partial charge in [0.15, 0.2) is 11.5 Å². The number of nitrogens with one attached hydrogen (secondary N) is 1. The van der Waals surface area contributed by atoms with Crippen LogP contribution in [0.3, 0.4) is 0 Å². The van der Waals surface area contributed by atoms with Crippen LogP contribution in [-0.2, 0) is 4.74 Å². The van der Waals surface area contributed by atoms with Crippen molar-refractivity contribution in [1.82, 2.24) is 4.98 Å². The number of oxazole rings is 1. The van der Waals surface area contributed by atoms with Gasteiger partial charge in [-0.2, -0.15) is 0 Å². The summed E-state index contributed by atoms with van der Waals surface area (Å²) in [5.41, 5.74) is 2.32. The van der Waals surface area contributed by atoms with E-state index in [9.17, 15) is 9.59 Å². The molecule has 6 nitrogen and oxygen atoms in total. The lowest BCUT2D eigenvalue weighted by Crippen LogP contribution is -2.15. The number of hydrogen-bond donors (Lipinski definition) is 1. The third-order valence-corrected chi connectivity index (χ3v) is 3.34. The van der Waals surface area contributed by atoms with Gasteiger partial charge in [-0.1, -0.05) is 12.1 Å². The molecule has 0 saturated heterocycles. The maximum absolute atomic E-state index is 12.4. The number of esters is 1. The molecule has 0 radical (unpaired) electrons. The maximum atomic E-state index is 12.4. The zero-order valence-corrected chi connectivity index (χ0v) is 12.6. The number of nitrogens with zero attached hydrogens (tertiary/aromatic N) is 1. The number of carbonyl (C=O) groups excluding carboxylic acids is 2. The topological polar surface area (TPSA) is 81.4 Å². The SMILES string of the molecule is COC(=O)c1ccccc1NC(=O)c1ccc2nc(C)oc2c1. The van der Waals surface area contributed by atoms with Gasteiger partial charge >= 0.3 is 5.97 Å². The summed E-state index contributed by atoms with van der Waals surface area (Å²) in [6.07, 6.45) is 0. The molecule has 0 saturated carbocycles. The number of hydrogen-bond acceptors (Lipinski definition) is 5. The molecule has 0 bridgehead atoms. The van der Waals surface area contributed by atoms with Gasteiger partial charge in [-0.25, -0.2) is 9.78 Å². The van der Waals surface area contributed by atoms with E-state index >= 15 is 0 Å². The van der Waals surface area contributed by atoms with E-state index in [1.54, 1.807) is 49.4 Å². The van der Waals surface area contributed by atoms with Crippen LogP contribution in [0, 0.1) is 6.92 Å². The van der Waals surface area contributed by atoms with Crippen LogP contribution in [0.15, 0.2) is 46.9 Å². The summed E-state index contributed by atoms with van der Waals surface area (Å²) in [6.45, 7) is 1.74. The molecule has 1 N–H and O–H groups in total. The van der Waals surface area contributed by atoms with Crippen molar-refractivity contribution in [2.45, 2.75) is 6.92 Å². The number of aryl methyl sites for hydroxylation is 1. The molecule has 3 rings (SSSR count). The number of rotatable bonds is 3. The van der Waals surface area contributed by atoms with E-state index in [0.717, 1.165) is 0 Å². The van der Waals surface area contributed by atoms with Crippen molar-refractivity contribution < 1.29 is 18.7 Å². The highest BCUT2D eigenvalue weighted by Gasteiger charge is 2.15. The summed E-state index contributed by atoms with van der Waals surface area (Å²) in [4.78, 5) is 28.3. The van der Waals surface area contributed by atoms with E-state index in [1.165, 1.54) is 7.11 Å². The van der Waals surface area contributed by atoms with E-state index < -0.39 is 5.97 Å². The number of methoxy groups -OCH3 is 1. The Labute approximate surface area is 132 Å². The fraction of sp³-hybridized carbons (Fsp3) is 0.118. The zero-order chi connectivity index (χ0) is 16.4. The average molecular weight is 310 g/mol. The lowest BCUT2D eigenvalue weighted by Gasteiger charge is -2.09. The van der Waals surface area contributed by atoms with Crippen molar-refractivity contribution in [3.05, 3.63) is 59.5 Å². The number of para-hydroxylation sites is 1. The van der Waals surface area contributed by atoms with Gasteiger partial charge < -0.3 is 14.5 Å². The molecular formula is C17H14N2O4. The van der Waals surface area contributed by atoms with E-state index in [-0.39, 0.29) is 5.91 Å². The first-order valence-electron chi connectivity index (χ1n) is 6.94. The van der Waals surface area contributed by atoms with E-state index in [2.05, 4.69) is 10.3 Å². The Balaban J connectivity index is 1.90. The van der Waals surface area contributed by atoms with Gasteiger partial charge in [-0.05, 0) is 30.3 Å². The fourth-order valence-electron chi connectivity index (χ4n) is 2.26. The van der Waals surface area contributed by atoms with Crippen molar-refractivity contribution in [2.24, 2.45) is 0 Å². The molecule has 0 aliphatic carbocycles. The Kier molecular flexibility index (Phi) is 3.80. The molecule has 0 unspecified atom stereocenters. The number of ether oxygens (including phenoxy) is 1. The average Bonchev–Trinajstić information content (AvgIpc) is 2.93. The van der Waals surface area contributed by atoms with Gasteiger partial charge in [0.05, 0.1) is 18.4 Å². The van der Waals surface area contributed by atoms with Crippen LogP contribution in [0.25, 0.3) is 11.1 Å². The van der Waals surface area contributed by atoms with Crippen LogP contribution in [0.5, 0.6) is 0 Å². The number of fused-ring (bicyclic) bond motifs is 1. The highest BCUT2D eigenvalue weighted by molar-refractivity contribution is 6.08. The Hall–Kier alpha value is -3.15. The molecule has 23 heavy (non-hydrogen) atoms. The normalized spacial score (nSPS) is 10.5. The van der Waals surface area contributed by atoms with E-state index in [1.807, 2.05) is 0 Å². The van der Waals surface area contributed by atoms with Crippen LogP contribution < -0.4 is 5.32 Å². The molecule has 0 aliphatic heterocycles. The monoisotopic (exact) mass is 310 g/mol. The minimum Gasteiger partial charge on any atom is -0.465 e. The molecular weight excluding hydrogens is 296 g/mol. The molecule has 1 amide bonds. The summed E-state index contributed by atoms with van der Waals surface area (Å²) in [5.74, 6) is -0.326. The molecule has 116 valence electrons. The third kappa shape index (κ3) is 2.91. The molecule has 0 spiro atoms. The van der Waals surface area contributed by atoms with Crippen LogP contribution in [-0.4, -0.2) is 24.0 Å². The first-order valence-corrected chi connectivity index (χ1v) is 6.94. The van der Waals surface area contributed by atoms with Crippen molar-refractivity contribution in [3.63, 3.8) is 0 Å². The molecule has 0 fully saturated rings. The highest BCUT2D eigenvalue weighted by atomic mass is 16.5. The first-order chi connectivity index (χ1) is 11.1. The van der Waals surface area contributed by atoms with Gasteiger partial charge in [0.2, 0.25) is 0 Å². The number of benzene rings is 2. The van der Waals surface area contributed by atoms with Crippen LogP contribution in [0.1, 0.15) is 26.6 Å². The van der Waals surface area contributed by atoms with Gasteiger partial charge in [0, 0.05) is 12.5 Å². The van der Waals surface area contributed by atoms with Crippen molar-refractivity contribution in [2.75, 3.05) is 12.4 Å². The Morgan fingerprint density at radius 2 is 1.96 bits per heavy atom. The van der Waals surface area contributed by atoms with Crippen molar-refractivity contribution in [1.29, 1.82) is 0 Å². The number of carbonyl (C=O) groups is 2. The maximum Gasteiger partial charge on any atom is 0.339 e. The molecule has 1 aromatic heterocycles. The summed E-state index contributed by atoms with van der Waals surface area (Å²) in [5, 5.41) is 2.71. The predicted molar refractivity (Wildman–Crippen MR) is 84.5 cm³/mol. The van der Waals surface area contributed by atoms with Crippen LogP contribution in [0.2, 0.25) is 0 Å². The molecule has 3 aromatic rings. The minimum absolute atomic E-state index is 0.292. The predicted octanol–water partition coefficient (Wildman–Crippen LogP) is 3.18. The Bertz CT molecular complexity index is 898. The number of amides is 1. The fourth-order valence-corrected chi connectivity index (χ4v) is 2.26. The summed E-state index contributed by atoms with van der Waals surface area (Å²) >= 11 is 0. The quantitative estimate of drug-likeness (QED) is 0.751. The number of aromatic nitrogens is 1. The third-order valence-electron chi connectivity index (χ3n) is 3.34. The highest BCUT2D eigenvalue weighted by Crippen LogP contribution is 2.20. The zero-order valence-electron chi connectivity index (χ0n) is 12.6. The Morgan fingerprint density at radius 1 is 1.17 bits per heavy atom. The van der Waals surface area contributed by atoms with Crippen LogP contribution >= 0.6 is 0 Å². The lowest BCUT2D eigenvalue weighted by atomic mass is 10.1. The standard InChI is InChI=1S/C17H14N2O4/c1-10-18-14-8-7-11(9-15(14)23-10)16(20)19-13-6-4-3-5-12(13)17(21)22-2/h3-9H,1-2H3,(H,19,20). The van der Waals surface area contributed by atoms with Gasteiger partial charge in [-0.15, -0.1) is 0 Å². The lowest BCUT2D eigenvalue weighted by molar-refractivity contribution is 0.0602. The molecule has 0 atom stereocenters. The van der Waals surface area contributed by atoms with E-state index in [4.69, 9.17) is 9.15 Å². The largest absolute Gasteiger partial charge is 0.465 e. The Morgan fingerprint density at radius 3 is 2.74 bits per heavy atom.